The van der Waals surface area contributed by atoms with E-state index in [1.54, 1.807) is 17.3 Å². The summed E-state index contributed by atoms with van der Waals surface area (Å²) in [5.74, 6) is 0.744. The lowest BCUT2D eigenvalue weighted by Crippen LogP contribution is -2.40. The summed E-state index contributed by atoms with van der Waals surface area (Å²) in [4.78, 5) is 18.7. The summed E-state index contributed by atoms with van der Waals surface area (Å²) < 4.78 is 6.05. The topological polar surface area (TPSA) is 54.5 Å². The number of nitrogens with zero attached hydrogens (tertiary/aromatic N) is 2. The summed E-state index contributed by atoms with van der Waals surface area (Å²) >= 11 is 0. The molecule has 1 amide bonds. The highest BCUT2D eigenvalue weighted by molar-refractivity contribution is 6.01. The second kappa shape index (κ2) is 7.11. The number of hydrogen-bond donors (Lipinski definition) is 1. The Morgan fingerprint density at radius 2 is 2.00 bits per heavy atom. The van der Waals surface area contributed by atoms with Crippen LogP contribution in [0.15, 0.2) is 67.0 Å². The second-order valence-corrected chi connectivity index (χ2v) is 6.70. The van der Waals surface area contributed by atoms with Crippen LogP contribution in [0.3, 0.4) is 0 Å². The number of pyridine rings is 1. The van der Waals surface area contributed by atoms with Gasteiger partial charge in [0.1, 0.15) is 18.5 Å². The highest BCUT2D eigenvalue weighted by Gasteiger charge is 2.31. The van der Waals surface area contributed by atoms with Crippen LogP contribution in [0, 0.1) is 6.92 Å². The molecule has 1 atom stereocenters. The van der Waals surface area contributed by atoms with Gasteiger partial charge in [-0.25, -0.2) is 0 Å². The average molecular weight is 359 g/mol. The molecule has 136 valence electrons. The van der Waals surface area contributed by atoms with Gasteiger partial charge in [0, 0.05) is 36.3 Å². The summed E-state index contributed by atoms with van der Waals surface area (Å²) in [7, 11) is 1.81. The molecule has 0 radical (unpaired) electrons. The van der Waals surface area contributed by atoms with E-state index >= 15 is 0 Å². The monoisotopic (exact) mass is 359 g/mol. The third-order valence-electron chi connectivity index (χ3n) is 4.74. The standard InChI is InChI=1S/C22H21N3O2/c1-15-9-10-19-18(12-15)22(26)25(2)21(24-19)17-7-3-4-8-20(17)27-14-16-6-5-11-23-13-16/h3-13,21,24H,14H2,1-2H3. The van der Waals surface area contributed by atoms with E-state index < -0.39 is 0 Å². The Hall–Kier alpha value is -3.34. The number of anilines is 1. The third-order valence-corrected chi connectivity index (χ3v) is 4.74. The predicted molar refractivity (Wildman–Crippen MR) is 105 cm³/mol. The largest absolute Gasteiger partial charge is 0.488 e. The lowest BCUT2D eigenvalue weighted by Gasteiger charge is -2.36. The van der Waals surface area contributed by atoms with Crippen molar-refractivity contribution < 1.29 is 9.53 Å². The van der Waals surface area contributed by atoms with Crippen molar-refractivity contribution in [3.8, 4) is 5.75 Å². The molecule has 2 heterocycles. The molecule has 27 heavy (non-hydrogen) atoms. The van der Waals surface area contributed by atoms with Gasteiger partial charge in [0.2, 0.25) is 0 Å². The second-order valence-electron chi connectivity index (χ2n) is 6.70. The fourth-order valence-electron chi connectivity index (χ4n) is 3.28. The lowest BCUT2D eigenvalue weighted by atomic mass is 10.0. The van der Waals surface area contributed by atoms with Gasteiger partial charge >= 0.3 is 0 Å². The minimum atomic E-state index is -0.294. The minimum Gasteiger partial charge on any atom is -0.488 e. The smallest absolute Gasteiger partial charge is 0.257 e. The first-order valence-electron chi connectivity index (χ1n) is 8.88. The van der Waals surface area contributed by atoms with Gasteiger partial charge in [-0.05, 0) is 31.2 Å². The summed E-state index contributed by atoms with van der Waals surface area (Å²) in [5.41, 5.74) is 4.52. The van der Waals surface area contributed by atoms with Gasteiger partial charge in [0.25, 0.3) is 5.91 Å². The van der Waals surface area contributed by atoms with Crippen molar-refractivity contribution >= 4 is 11.6 Å². The SMILES string of the molecule is Cc1ccc2c(c1)C(=O)N(C)C(c1ccccc1OCc1cccnc1)N2. The number of rotatable bonds is 4. The van der Waals surface area contributed by atoms with Crippen molar-refractivity contribution in [3.05, 3.63) is 89.2 Å². The third kappa shape index (κ3) is 3.36. The number of carbonyl (C=O) groups excluding carboxylic acids is 1. The quantitative estimate of drug-likeness (QED) is 0.760. The van der Waals surface area contributed by atoms with E-state index in [0.717, 1.165) is 28.1 Å². The molecule has 5 heteroatoms. The number of aromatic nitrogens is 1. The molecule has 0 spiro atoms. The number of nitrogens with one attached hydrogen (secondary N) is 1. The number of hydrogen-bond acceptors (Lipinski definition) is 4. The molecular weight excluding hydrogens is 338 g/mol. The van der Waals surface area contributed by atoms with E-state index in [9.17, 15) is 4.79 Å². The van der Waals surface area contributed by atoms with E-state index in [-0.39, 0.29) is 12.1 Å². The molecule has 1 aromatic heterocycles. The molecule has 1 aliphatic rings. The first-order valence-corrected chi connectivity index (χ1v) is 8.88. The number of carbonyl (C=O) groups is 1. The van der Waals surface area contributed by atoms with Crippen molar-refractivity contribution in [1.82, 2.24) is 9.88 Å². The number of aryl methyl sites for hydroxylation is 1. The Kier molecular flexibility index (Phi) is 4.50. The van der Waals surface area contributed by atoms with E-state index in [1.807, 2.05) is 68.6 Å². The zero-order valence-corrected chi connectivity index (χ0v) is 15.3. The number of amides is 1. The van der Waals surface area contributed by atoms with Crippen molar-refractivity contribution in [2.75, 3.05) is 12.4 Å². The average Bonchev–Trinajstić information content (AvgIpc) is 2.71. The molecule has 0 fully saturated rings. The zero-order valence-electron chi connectivity index (χ0n) is 15.3. The van der Waals surface area contributed by atoms with Gasteiger partial charge in [-0.2, -0.15) is 0 Å². The highest BCUT2D eigenvalue weighted by atomic mass is 16.5. The fourth-order valence-corrected chi connectivity index (χ4v) is 3.28. The van der Waals surface area contributed by atoms with Crippen LogP contribution in [0.5, 0.6) is 5.75 Å². The molecule has 2 aromatic carbocycles. The van der Waals surface area contributed by atoms with Gasteiger partial charge in [0.15, 0.2) is 0 Å². The van der Waals surface area contributed by atoms with Crippen LogP contribution >= 0.6 is 0 Å². The molecule has 3 aromatic rings. The summed E-state index contributed by atoms with van der Waals surface area (Å²) in [5, 5.41) is 3.47. The normalized spacial score (nSPS) is 15.9. The summed E-state index contributed by atoms with van der Waals surface area (Å²) in [6.07, 6.45) is 3.23. The van der Waals surface area contributed by atoms with Crippen LogP contribution in [-0.2, 0) is 6.61 Å². The molecule has 0 bridgehead atoms. The Labute approximate surface area is 158 Å². The van der Waals surface area contributed by atoms with Gasteiger partial charge in [-0.1, -0.05) is 35.9 Å². The van der Waals surface area contributed by atoms with Crippen molar-refractivity contribution in [1.29, 1.82) is 0 Å². The van der Waals surface area contributed by atoms with Gasteiger partial charge < -0.3 is 15.0 Å². The van der Waals surface area contributed by atoms with Crippen LogP contribution < -0.4 is 10.1 Å². The lowest BCUT2D eigenvalue weighted by molar-refractivity contribution is 0.0733. The number of para-hydroxylation sites is 1. The van der Waals surface area contributed by atoms with Gasteiger partial charge in [-0.3, -0.25) is 9.78 Å². The Balaban J connectivity index is 1.63. The molecule has 1 unspecified atom stereocenters. The van der Waals surface area contributed by atoms with E-state index in [2.05, 4.69) is 10.3 Å². The Bertz CT molecular complexity index is 972. The first kappa shape index (κ1) is 17.1. The van der Waals surface area contributed by atoms with Gasteiger partial charge in [-0.15, -0.1) is 0 Å². The molecule has 0 saturated carbocycles. The van der Waals surface area contributed by atoms with Crippen molar-refractivity contribution in [2.45, 2.75) is 19.7 Å². The highest BCUT2D eigenvalue weighted by Crippen LogP contribution is 2.36. The van der Waals surface area contributed by atoms with Crippen molar-refractivity contribution in [2.24, 2.45) is 0 Å². The number of fused-ring (bicyclic) bond motifs is 1. The Morgan fingerprint density at radius 1 is 1.15 bits per heavy atom. The number of ether oxygens (including phenoxy) is 1. The molecule has 1 aliphatic heterocycles. The van der Waals surface area contributed by atoms with Crippen LogP contribution in [-0.4, -0.2) is 22.8 Å². The van der Waals surface area contributed by atoms with Crippen LogP contribution in [0.25, 0.3) is 0 Å². The van der Waals surface area contributed by atoms with Crippen LogP contribution in [0.1, 0.15) is 33.2 Å². The summed E-state index contributed by atoms with van der Waals surface area (Å²) in [6, 6.07) is 17.5. The minimum absolute atomic E-state index is 0.000451. The first-order chi connectivity index (χ1) is 13.1. The van der Waals surface area contributed by atoms with Gasteiger partial charge in [0.05, 0.1) is 5.56 Å². The van der Waals surface area contributed by atoms with E-state index in [1.165, 1.54) is 0 Å². The maximum Gasteiger partial charge on any atom is 0.257 e. The maximum absolute atomic E-state index is 12.9. The summed E-state index contributed by atoms with van der Waals surface area (Å²) in [6.45, 7) is 2.41. The zero-order chi connectivity index (χ0) is 18.8. The number of benzene rings is 2. The fraction of sp³-hybridized carbons (Fsp3) is 0.182. The molecular formula is C22H21N3O2. The molecule has 0 aliphatic carbocycles. The molecule has 0 saturated heterocycles. The van der Waals surface area contributed by atoms with E-state index in [0.29, 0.717) is 12.2 Å². The predicted octanol–water partition coefficient (Wildman–Crippen LogP) is 4.17. The van der Waals surface area contributed by atoms with Crippen LogP contribution in [0.4, 0.5) is 5.69 Å². The molecule has 5 nitrogen and oxygen atoms in total. The molecule has 1 N–H and O–H groups in total. The van der Waals surface area contributed by atoms with E-state index in [4.69, 9.17) is 4.74 Å². The maximum atomic E-state index is 12.9. The Morgan fingerprint density at radius 3 is 2.81 bits per heavy atom. The van der Waals surface area contributed by atoms with Crippen molar-refractivity contribution in [3.63, 3.8) is 0 Å². The molecule has 4 rings (SSSR count). The van der Waals surface area contributed by atoms with Crippen LogP contribution in [0.2, 0.25) is 0 Å².